The summed E-state index contributed by atoms with van der Waals surface area (Å²) < 4.78 is 1.46. The molecule has 2 N–H and O–H groups in total. The largest absolute Gasteiger partial charge is 0.351 e. The van der Waals surface area contributed by atoms with Gasteiger partial charge in [0.15, 0.2) is 0 Å². The van der Waals surface area contributed by atoms with Gasteiger partial charge < -0.3 is 5.73 Å². The van der Waals surface area contributed by atoms with Gasteiger partial charge in [0.25, 0.3) is 0 Å². The van der Waals surface area contributed by atoms with Gasteiger partial charge in [0.05, 0.1) is 5.52 Å². The van der Waals surface area contributed by atoms with Crippen molar-refractivity contribution in [1.82, 2.24) is 4.57 Å². The molecule has 2 aromatic carbocycles. The number of carbonyl (C=O) groups excluding carboxylic acids is 1. The minimum absolute atomic E-state index is 0.453. The van der Waals surface area contributed by atoms with E-state index in [1.165, 1.54) is 4.57 Å². The summed E-state index contributed by atoms with van der Waals surface area (Å²) >= 11 is 0. The Labute approximate surface area is 92.1 Å². The summed E-state index contributed by atoms with van der Waals surface area (Å²) in [7, 11) is 0. The van der Waals surface area contributed by atoms with Gasteiger partial charge in [-0.05, 0) is 29.0 Å². The lowest BCUT2D eigenvalue weighted by atomic mass is 10.1. The average Bonchev–Trinajstić information content (AvgIpc) is 2.68. The molecule has 1 heterocycles. The second-order valence-corrected chi connectivity index (χ2v) is 3.78. The average molecular weight is 210 g/mol. The van der Waals surface area contributed by atoms with Gasteiger partial charge in [-0.1, -0.05) is 24.3 Å². The van der Waals surface area contributed by atoms with E-state index in [0.29, 0.717) is 0 Å². The molecule has 0 saturated carbocycles. The van der Waals surface area contributed by atoms with Crippen molar-refractivity contribution in [2.24, 2.45) is 5.73 Å². The van der Waals surface area contributed by atoms with Crippen LogP contribution in [0.1, 0.15) is 0 Å². The van der Waals surface area contributed by atoms with Crippen molar-refractivity contribution in [1.29, 1.82) is 0 Å². The molecule has 3 heteroatoms. The standard InChI is InChI=1S/C13H10N2O/c14-13(16)15-6-5-11-7-9-3-1-2-4-10(9)8-12(11)15/h1-8H,(H2,14,16). The van der Waals surface area contributed by atoms with Gasteiger partial charge in [-0.2, -0.15) is 0 Å². The molecule has 0 atom stereocenters. The smallest absolute Gasteiger partial charge is 0.323 e. The molecule has 3 rings (SSSR count). The Bertz CT molecular complexity index is 697. The van der Waals surface area contributed by atoms with Crippen LogP contribution in [0.5, 0.6) is 0 Å². The van der Waals surface area contributed by atoms with Gasteiger partial charge in [0.1, 0.15) is 0 Å². The predicted octanol–water partition coefficient (Wildman–Crippen LogP) is 2.72. The predicted molar refractivity (Wildman–Crippen MR) is 64.4 cm³/mol. The zero-order chi connectivity index (χ0) is 11.1. The molecule has 0 aliphatic carbocycles. The Balaban J connectivity index is 2.45. The van der Waals surface area contributed by atoms with E-state index in [1.807, 2.05) is 30.3 Å². The minimum Gasteiger partial charge on any atom is -0.351 e. The van der Waals surface area contributed by atoms with Crippen LogP contribution in [-0.4, -0.2) is 10.6 Å². The molecule has 0 saturated heterocycles. The van der Waals surface area contributed by atoms with Crippen molar-refractivity contribution in [2.75, 3.05) is 0 Å². The van der Waals surface area contributed by atoms with Crippen LogP contribution in [0, 0.1) is 0 Å². The summed E-state index contributed by atoms with van der Waals surface area (Å²) in [5, 5.41) is 3.30. The number of nitrogens with zero attached hydrogens (tertiary/aromatic N) is 1. The van der Waals surface area contributed by atoms with Gasteiger partial charge in [-0.3, -0.25) is 4.57 Å². The maximum Gasteiger partial charge on any atom is 0.323 e. The number of fused-ring (bicyclic) bond motifs is 2. The lowest BCUT2D eigenvalue weighted by Gasteiger charge is -2.01. The number of aromatic nitrogens is 1. The molecule has 0 bridgehead atoms. The van der Waals surface area contributed by atoms with Crippen molar-refractivity contribution in [2.45, 2.75) is 0 Å². The molecule has 3 nitrogen and oxygen atoms in total. The second-order valence-electron chi connectivity index (χ2n) is 3.78. The minimum atomic E-state index is -0.453. The van der Waals surface area contributed by atoms with Crippen molar-refractivity contribution < 1.29 is 4.79 Å². The second kappa shape index (κ2) is 3.10. The van der Waals surface area contributed by atoms with Gasteiger partial charge in [0.2, 0.25) is 0 Å². The van der Waals surface area contributed by atoms with E-state index in [1.54, 1.807) is 6.20 Å². The van der Waals surface area contributed by atoms with Crippen molar-refractivity contribution >= 4 is 27.7 Å². The van der Waals surface area contributed by atoms with Crippen LogP contribution in [0.25, 0.3) is 21.7 Å². The van der Waals surface area contributed by atoms with E-state index in [-0.39, 0.29) is 0 Å². The number of primary amides is 1. The van der Waals surface area contributed by atoms with E-state index in [9.17, 15) is 4.79 Å². The Morgan fingerprint density at radius 1 is 1.00 bits per heavy atom. The highest BCUT2D eigenvalue weighted by molar-refractivity contribution is 6.00. The van der Waals surface area contributed by atoms with E-state index in [0.717, 1.165) is 21.7 Å². The monoisotopic (exact) mass is 210 g/mol. The quantitative estimate of drug-likeness (QED) is 0.609. The fourth-order valence-electron chi connectivity index (χ4n) is 2.02. The van der Waals surface area contributed by atoms with Crippen molar-refractivity contribution in [3.8, 4) is 0 Å². The normalized spacial score (nSPS) is 11.0. The van der Waals surface area contributed by atoms with Crippen LogP contribution in [-0.2, 0) is 0 Å². The highest BCUT2D eigenvalue weighted by Crippen LogP contribution is 2.23. The molecule has 3 aromatic rings. The zero-order valence-corrected chi connectivity index (χ0v) is 8.55. The first-order valence-electron chi connectivity index (χ1n) is 5.05. The summed E-state index contributed by atoms with van der Waals surface area (Å²) in [5.74, 6) is 0. The summed E-state index contributed by atoms with van der Waals surface area (Å²) in [4.78, 5) is 11.2. The van der Waals surface area contributed by atoms with E-state index in [4.69, 9.17) is 5.73 Å². The highest BCUT2D eigenvalue weighted by atomic mass is 16.2. The maximum absolute atomic E-state index is 11.2. The topological polar surface area (TPSA) is 48.0 Å². The third-order valence-corrected chi connectivity index (χ3v) is 2.80. The molecule has 1 amide bonds. The van der Waals surface area contributed by atoms with E-state index in [2.05, 4.69) is 12.1 Å². The SMILES string of the molecule is NC(=O)n1ccc2cc3ccccc3cc21. The fraction of sp³-hybridized carbons (Fsp3) is 0. The van der Waals surface area contributed by atoms with Gasteiger partial charge in [-0.25, -0.2) is 4.79 Å². The fourth-order valence-corrected chi connectivity index (χ4v) is 2.02. The number of amides is 1. The first kappa shape index (κ1) is 8.97. The summed E-state index contributed by atoms with van der Waals surface area (Å²) in [6.45, 7) is 0. The van der Waals surface area contributed by atoms with E-state index < -0.39 is 6.03 Å². The summed E-state index contributed by atoms with van der Waals surface area (Å²) in [6.07, 6.45) is 1.70. The molecule has 0 aliphatic rings. The number of hydrogen-bond donors (Lipinski definition) is 1. The Morgan fingerprint density at radius 2 is 1.69 bits per heavy atom. The molecule has 0 radical (unpaired) electrons. The Hall–Kier alpha value is -2.29. The molecule has 0 unspecified atom stereocenters. The van der Waals surface area contributed by atoms with Crippen LogP contribution in [0.3, 0.4) is 0 Å². The number of carbonyl (C=O) groups is 1. The third kappa shape index (κ3) is 1.18. The molecule has 0 spiro atoms. The molecule has 1 aromatic heterocycles. The molecule has 16 heavy (non-hydrogen) atoms. The molecular weight excluding hydrogens is 200 g/mol. The summed E-state index contributed by atoms with van der Waals surface area (Å²) in [5.41, 5.74) is 6.15. The van der Waals surface area contributed by atoms with Gasteiger partial charge in [0, 0.05) is 11.6 Å². The molecule has 0 fully saturated rings. The first-order valence-corrected chi connectivity index (χ1v) is 5.05. The van der Waals surface area contributed by atoms with Crippen molar-refractivity contribution in [3.63, 3.8) is 0 Å². The Kier molecular flexibility index (Phi) is 1.74. The molecule has 78 valence electrons. The van der Waals surface area contributed by atoms with Crippen LogP contribution in [0.2, 0.25) is 0 Å². The van der Waals surface area contributed by atoms with E-state index >= 15 is 0 Å². The number of rotatable bonds is 0. The van der Waals surface area contributed by atoms with Gasteiger partial charge >= 0.3 is 6.03 Å². The number of nitrogens with two attached hydrogens (primary N) is 1. The van der Waals surface area contributed by atoms with Gasteiger partial charge in [-0.15, -0.1) is 0 Å². The zero-order valence-electron chi connectivity index (χ0n) is 8.55. The first-order chi connectivity index (χ1) is 7.75. The lowest BCUT2D eigenvalue weighted by Crippen LogP contribution is -2.17. The van der Waals surface area contributed by atoms with Crippen LogP contribution >= 0.6 is 0 Å². The lowest BCUT2D eigenvalue weighted by molar-refractivity contribution is 0.251. The van der Waals surface area contributed by atoms with Crippen LogP contribution < -0.4 is 5.73 Å². The Morgan fingerprint density at radius 3 is 2.38 bits per heavy atom. The third-order valence-electron chi connectivity index (χ3n) is 2.80. The number of benzene rings is 2. The summed E-state index contributed by atoms with van der Waals surface area (Å²) in [6, 6.07) is 13.5. The molecule has 0 aliphatic heterocycles. The molecular formula is C13H10N2O. The maximum atomic E-state index is 11.2. The van der Waals surface area contributed by atoms with Crippen LogP contribution in [0.4, 0.5) is 4.79 Å². The highest BCUT2D eigenvalue weighted by Gasteiger charge is 2.05. The van der Waals surface area contributed by atoms with Crippen molar-refractivity contribution in [3.05, 3.63) is 48.7 Å². The number of hydrogen-bond acceptors (Lipinski definition) is 1. The van der Waals surface area contributed by atoms with Crippen LogP contribution in [0.15, 0.2) is 48.7 Å².